The van der Waals surface area contributed by atoms with Gasteiger partial charge in [-0.1, -0.05) is 12.2 Å². The Hall–Kier alpha value is -1.07. The smallest absolute Gasteiger partial charge is 0.251 e. The molecular formula is C12H16N2OS2. The highest BCUT2D eigenvalue weighted by Gasteiger charge is 2.10. The zero-order valence-corrected chi connectivity index (χ0v) is 11.5. The van der Waals surface area contributed by atoms with E-state index in [9.17, 15) is 4.79 Å². The first-order chi connectivity index (χ1) is 8.02. The van der Waals surface area contributed by atoms with E-state index in [2.05, 4.69) is 5.32 Å². The molecule has 3 nitrogen and oxygen atoms in total. The van der Waals surface area contributed by atoms with Gasteiger partial charge in [-0.2, -0.15) is 0 Å². The van der Waals surface area contributed by atoms with E-state index in [0.717, 1.165) is 4.90 Å². The SMILES string of the molecule is CSc1ccc(C(=O)NC(C)CC(N)=S)cc1. The van der Waals surface area contributed by atoms with Crippen molar-refractivity contribution >= 4 is 34.9 Å². The summed E-state index contributed by atoms with van der Waals surface area (Å²) >= 11 is 6.44. The van der Waals surface area contributed by atoms with Crippen molar-refractivity contribution in [2.45, 2.75) is 24.3 Å². The van der Waals surface area contributed by atoms with Gasteiger partial charge in [0, 0.05) is 22.9 Å². The Balaban J connectivity index is 2.60. The number of hydrogen-bond acceptors (Lipinski definition) is 3. The second-order valence-corrected chi connectivity index (χ2v) is 5.18. The van der Waals surface area contributed by atoms with Gasteiger partial charge in [-0.05, 0) is 37.4 Å². The fourth-order valence-corrected chi connectivity index (χ4v) is 2.06. The van der Waals surface area contributed by atoms with Gasteiger partial charge >= 0.3 is 0 Å². The molecule has 92 valence electrons. The molecule has 0 heterocycles. The van der Waals surface area contributed by atoms with Gasteiger partial charge in [-0.3, -0.25) is 4.79 Å². The molecule has 3 N–H and O–H groups in total. The van der Waals surface area contributed by atoms with Crippen LogP contribution < -0.4 is 11.1 Å². The Bertz CT molecular complexity index is 403. The summed E-state index contributed by atoms with van der Waals surface area (Å²) in [6, 6.07) is 7.44. The summed E-state index contributed by atoms with van der Waals surface area (Å²) in [6.07, 6.45) is 2.52. The minimum atomic E-state index is -0.0959. The third-order valence-corrected chi connectivity index (χ3v) is 3.15. The number of amides is 1. The molecule has 0 fully saturated rings. The molecule has 0 bridgehead atoms. The first-order valence-electron chi connectivity index (χ1n) is 5.26. The number of thioether (sulfide) groups is 1. The molecule has 0 saturated heterocycles. The van der Waals surface area contributed by atoms with Gasteiger partial charge in [0.2, 0.25) is 0 Å². The van der Waals surface area contributed by atoms with Crippen molar-refractivity contribution < 1.29 is 4.79 Å². The molecule has 0 aliphatic heterocycles. The average molecular weight is 268 g/mol. The standard InChI is InChI=1S/C12H16N2OS2/c1-8(7-11(13)16)14-12(15)9-3-5-10(17-2)6-4-9/h3-6,8H,7H2,1-2H3,(H2,13,16)(H,14,15). The third kappa shape index (κ3) is 4.75. The van der Waals surface area contributed by atoms with Gasteiger partial charge in [0.1, 0.15) is 0 Å². The summed E-state index contributed by atoms with van der Waals surface area (Å²) in [5, 5.41) is 2.85. The Labute approximate surface area is 111 Å². The van der Waals surface area contributed by atoms with Crippen LogP contribution in [-0.4, -0.2) is 23.2 Å². The van der Waals surface area contributed by atoms with Gasteiger partial charge in [-0.15, -0.1) is 11.8 Å². The van der Waals surface area contributed by atoms with Crippen molar-refractivity contribution in [1.29, 1.82) is 0 Å². The Morgan fingerprint density at radius 1 is 1.47 bits per heavy atom. The van der Waals surface area contributed by atoms with Gasteiger partial charge in [-0.25, -0.2) is 0 Å². The lowest BCUT2D eigenvalue weighted by Crippen LogP contribution is -2.35. The Kier molecular flexibility index (Phi) is 5.44. The number of carbonyl (C=O) groups excluding carboxylic acids is 1. The van der Waals surface area contributed by atoms with Crippen molar-refractivity contribution in [1.82, 2.24) is 5.32 Å². The van der Waals surface area contributed by atoms with Crippen LogP contribution in [0.5, 0.6) is 0 Å². The zero-order chi connectivity index (χ0) is 12.8. The molecule has 0 aliphatic carbocycles. The van der Waals surface area contributed by atoms with E-state index in [1.165, 1.54) is 0 Å². The zero-order valence-electron chi connectivity index (χ0n) is 9.90. The van der Waals surface area contributed by atoms with Crippen LogP contribution in [0.2, 0.25) is 0 Å². The van der Waals surface area contributed by atoms with E-state index in [-0.39, 0.29) is 11.9 Å². The van der Waals surface area contributed by atoms with E-state index >= 15 is 0 Å². The number of hydrogen-bond donors (Lipinski definition) is 2. The lowest BCUT2D eigenvalue weighted by atomic mass is 10.2. The fourth-order valence-electron chi connectivity index (χ4n) is 1.40. The molecule has 17 heavy (non-hydrogen) atoms. The first kappa shape index (κ1) is 14.0. The molecule has 1 aromatic rings. The Morgan fingerprint density at radius 3 is 2.53 bits per heavy atom. The number of rotatable bonds is 5. The largest absolute Gasteiger partial charge is 0.393 e. The first-order valence-corrected chi connectivity index (χ1v) is 6.89. The Morgan fingerprint density at radius 2 is 2.06 bits per heavy atom. The average Bonchev–Trinajstić information content (AvgIpc) is 2.28. The number of nitrogens with two attached hydrogens (primary N) is 1. The van der Waals surface area contributed by atoms with Crippen LogP contribution in [0.4, 0.5) is 0 Å². The normalized spacial score (nSPS) is 11.9. The maximum absolute atomic E-state index is 11.8. The number of nitrogens with one attached hydrogen (secondary N) is 1. The van der Waals surface area contributed by atoms with Crippen molar-refractivity contribution in [3.8, 4) is 0 Å². The van der Waals surface area contributed by atoms with Crippen molar-refractivity contribution in [2.75, 3.05) is 6.26 Å². The minimum Gasteiger partial charge on any atom is -0.393 e. The fraction of sp³-hybridized carbons (Fsp3) is 0.333. The minimum absolute atomic E-state index is 0.0415. The summed E-state index contributed by atoms with van der Waals surface area (Å²) in [6.45, 7) is 1.88. The molecule has 1 unspecified atom stereocenters. The van der Waals surface area contributed by atoms with Crippen LogP contribution in [0.3, 0.4) is 0 Å². The third-order valence-electron chi connectivity index (χ3n) is 2.24. The summed E-state index contributed by atoms with van der Waals surface area (Å²) < 4.78 is 0. The molecule has 0 aliphatic rings. The molecule has 5 heteroatoms. The van der Waals surface area contributed by atoms with E-state index in [0.29, 0.717) is 17.0 Å². The van der Waals surface area contributed by atoms with Gasteiger partial charge < -0.3 is 11.1 Å². The van der Waals surface area contributed by atoms with Crippen LogP contribution in [0.1, 0.15) is 23.7 Å². The lowest BCUT2D eigenvalue weighted by Gasteiger charge is -2.13. The molecule has 0 radical (unpaired) electrons. The highest BCUT2D eigenvalue weighted by Crippen LogP contribution is 2.14. The highest BCUT2D eigenvalue weighted by atomic mass is 32.2. The summed E-state index contributed by atoms with van der Waals surface area (Å²) in [5.41, 5.74) is 6.07. The second kappa shape index (κ2) is 6.61. The molecular weight excluding hydrogens is 252 g/mol. The predicted octanol–water partition coefficient (Wildman–Crippen LogP) is 2.20. The van der Waals surface area contributed by atoms with Gasteiger partial charge in [0.05, 0.1) is 4.99 Å². The van der Waals surface area contributed by atoms with E-state index in [1.54, 1.807) is 11.8 Å². The van der Waals surface area contributed by atoms with Gasteiger partial charge in [0.25, 0.3) is 5.91 Å². The van der Waals surface area contributed by atoms with Crippen LogP contribution in [-0.2, 0) is 0 Å². The second-order valence-electron chi connectivity index (χ2n) is 3.77. The molecule has 1 atom stereocenters. The predicted molar refractivity (Wildman–Crippen MR) is 76.6 cm³/mol. The van der Waals surface area contributed by atoms with E-state index < -0.39 is 0 Å². The topological polar surface area (TPSA) is 55.1 Å². The summed E-state index contributed by atoms with van der Waals surface area (Å²) in [7, 11) is 0. The van der Waals surface area contributed by atoms with E-state index in [4.69, 9.17) is 18.0 Å². The maximum Gasteiger partial charge on any atom is 0.251 e. The quantitative estimate of drug-likeness (QED) is 0.635. The van der Waals surface area contributed by atoms with E-state index in [1.807, 2.05) is 37.4 Å². The van der Waals surface area contributed by atoms with Crippen LogP contribution in [0, 0.1) is 0 Å². The molecule has 1 aromatic carbocycles. The van der Waals surface area contributed by atoms with Crippen LogP contribution in [0.15, 0.2) is 29.2 Å². The highest BCUT2D eigenvalue weighted by molar-refractivity contribution is 7.98. The summed E-state index contributed by atoms with van der Waals surface area (Å²) in [5.74, 6) is -0.0959. The van der Waals surface area contributed by atoms with Crippen molar-refractivity contribution in [3.63, 3.8) is 0 Å². The lowest BCUT2D eigenvalue weighted by molar-refractivity contribution is 0.0941. The summed E-state index contributed by atoms with van der Waals surface area (Å²) in [4.78, 5) is 13.4. The van der Waals surface area contributed by atoms with Crippen molar-refractivity contribution in [2.24, 2.45) is 5.73 Å². The molecule has 0 saturated carbocycles. The monoisotopic (exact) mass is 268 g/mol. The molecule has 1 rings (SSSR count). The molecule has 0 aromatic heterocycles. The molecule has 1 amide bonds. The maximum atomic E-state index is 11.8. The number of thiocarbonyl (C=S) groups is 1. The van der Waals surface area contributed by atoms with Crippen LogP contribution >= 0.6 is 24.0 Å². The van der Waals surface area contributed by atoms with Crippen molar-refractivity contribution in [3.05, 3.63) is 29.8 Å². The molecule has 0 spiro atoms. The number of carbonyl (C=O) groups is 1. The number of benzene rings is 1. The van der Waals surface area contributed by atoms with Gasteiger partial charge in [0.15, 0.2) is 0 Å². The van der Waals surface area contributed by atoms with Crippen LogP contribution in [0.25, 0.3) is 0 Å².